The minimum Gasteiger partial charge on any atom is -0.444 e. The fourth-order valence-corrected chi connectivity index (χ4v) is 2.07. The van der Waals surface area contributed by atoms with Crippen molar-refractivity contribution in [3.8, 4) is 0 Å². The van der Waals surface area contributed by atoms with Gasteiger partial charge in [0, 0.05) is 30.7 Å². The lowest BCUT2D eigenvalue weighted by molar-refractivity contribution is 0.0511. The van der Waals surface area contributed by atoms with Gasteiger partial charge in [0.25, 0.3) is 0 Å². The molecular formula is C16H26ClN3O2. The molecule has 0 fully saturated rings. The van der Waals surface area contributed by atoms with Gasteiger partial charge in [0.15, 0.2) is 0 Å². The molecule has 0 bridgehead atoms. The van der Waals surface area contributed by atoms with Crippen molar-refractivity contribution in [2.24, 2.45) is 5.73 Å². The lowest BCUT2D eigenvalue weighted by atomic mass is 10.2. The molecule has 0 aliphatic heterocycles. The summed E-state index contributed by atoms with van der Waals surface area (Å²) in [5, 5.41) is 3.48. The van der Waals surface area contributed by atoms with E-state index < -0.39 is 11.7 Å². The largest absolute Gasteiger partial charge is 0.444 e. The van der Waals surface area contributed by atoms with Gasteiger partial charge in [-0.25, -0.2) is 4.79 Å². The molecule has 0 saturated heterocycles. The van der Waals surface area contributed by atoms with E-state index in [1.165, 1.54) is 0 Å². The van der Waals surface area contributed by atoms with Crippen LogP contribution in [0.15, 0.2) is 24.3 Å². The summed E-state index contributed by atoms with van der Waals surface area (Å²) < 4.78 is 5.22. The van der Waals surface area contributed by atoms with Crippen LogP contribution in [0.25, 0.3) is 0 Å². The number of nitrogens with zero attached hydrogens (tertiary/aromatic N) is 1. The predicted octanol–water partition coefficient (Wildman–Crippen LogP) is 2.62. The van der Waals surface area contributed by atoms with E-state index in [-0.39, 0.29) is 6.04 Å². The molecule has 22 heavy (non-hydrogen) atoms. The summed E-state index contributed by atoms with van der Waals surface area (Å²) in [5.74, 6) is 0. The molecule has 1 rings (SSSR count). The molecule has 1 aromatic carbocycles. The van der Waals surface area contributed by atoms with E-state index in [2.05, 4.69) is 10.2 Å². The second-order valence-electron chi connectivity index (χ2n) is 6.31. The first kappa shape index (κ1) is 18.7. The molecule has 0 aromatic heterocycles. The van der Waals surface area contributed by atoms with Crippen LogP contribution in [0.3, 0.4) is 0 Å². The number of hydrogen-bond acceptors (Lipinski definition) is 4. The molecular weight excluding hydrogens is 302 g/mol. The molecule has 0 radical (unpaired) electrons. The second kappa shape index (κ2) is 8.36. The fourth-order valence-electron chi connectivity index (χ4n) is 1.94. The molecule has 1 unspecified atom stereocenters. The quantitative estimate of drug-likeness (QED) is 0.843. The summed E-state index contributed by atoms with van der Waals surface area (Å²) in [6, 6.07) is 7.71. The van der Waals surface area contributed by atoms with E-state index in [1.54, 1.807) is 0 Å². The first-order valence-electron chi connectivity index (χ1n) is 7.33. The van der Waals surface area contributed by atoms with Crippen LogP contribution in [0.4, 0.5) is 4.79 Å². The van der Waals surface area contributed by atoms with Gasteiger partial charge < -0.3 is 15.8 Å². The zero-order valence-corrected chi connectivity index (χ0v) is 14.5. The highest BCUT2D eigenvalue weighted by molar-refractivity contribution is 6.30. The summed E-state index contributed by atoms with van der Waals surface area (Å²) in [6.07, 6.45) is -0.425. The lowest BCUT2D eigenvalue weighted by Crippen LogP contribution is -2.47. The molecule has 124 valence electrons. The highest BCUT2D eigenvalue weighted by Gasteiger charge is 2.19. The Morgan fingerprint density at radius 1 is 1.36 bits per heavy atom. The van der Waals surface area contributed by atoms with Crippen LogP contribution in [0.5, 0.6) is 0 Å². The molecule has 5 nitrogen and oxygen atoms in total. The Balaban J connectivity index is 2.49. The summed E-state index contributed by atoms with van der Waals surface area (Å²) in [4.78, 5) is 13.8. The molecule has 3 N–H and O–H groups in total. The number of benzene rings is 1. The molecule has 1 amide bonds. The van der Waals surface area contributed by atoms with Crippen molar-refractivity contribution in [2.75, 3.05) is 20.1 Å². The van der Waals surface area contributed by atoms with Gasteiger partial charge in [0.2, 0.25) is 0 Å². The van der Waals surface area contributed by atoms with E-state index in [4.69, 9.17) is 22.1 Å². The van der Waals surface area contributed by atoms with Crippen LogP contribution in [0.1, 0.15) is 26.3 Å². The van der Waals surface area contributed by atoms with Crippen molar-refractivity contribution < 1.29 is 9.53 Å². The van der Waals surface area contributed by atoms with Gasteiger partial charge in [-0.05, 0) is 45.5 Å². The maximum absolute atomic E-state index is 11.7. The van der Waals surface area contributed by atoms with Gasteiger partial charge in [-0.2, -0.15) is 0 Å². The molecule has 0 aliphatic carbocycles. The third-order valence-corrected chi connectivity index (χ3v) is 3.37. The maximum Gasteiger partial charge on any atom is 0.407 e. The monoisotopic (exact) mass is 327 g/mol. The van der Waals surface area contributed by atoms with Gasteiger partial charge in [0.05, 0.1) is 0 Å². The number of nitrogens with two attached hydrogens (primary N) is 1. The highest BCUT2D eigenvalue weighted by Crippen LogP contribution is 2.12. The third kappa shape index (κ3) is 7.11. The van der Waals surface area contributed by atoms with Gasteiger partial charge in [-0.1, -0.05) is 23.7 Å². The minimum atomic E-state index is -0.502. The smallest absolute Gasteiger partial charge is 0.407 e. The highest BCUT2D eigenvalue weighted by atomic mass is 35.5. The molecule has 1 aromatic rings. The third-order valence-electron chi connectivity index (χ3n) is 3.12. The number of rotatable bonds is 6. The normalized spacial score (nSPS) is 13.0. The van der Waals surface area contributed by atoms with E-state index in [1.807, 2.05) is 52.1 Å². The Labute approximate surface area is 137 Å². The van der Waals surface area contributed by atoms with E-state index in [0.717, 1.165) is 12.1 Å². The molecule has 0 saturated carbocycles. The van der Waals surface area contributed by atoms with Gasteiger partial charge in [0.1, 0.15) is 5.60 Å². The van der Waals surface area contributed by atoms with Crippen LogP contribution in [-0.2, 0) is 11.3 Å². The number of halogens is 1. The summed E-state index contributed by atoms with van der Waals surface area (Å²) in [5.41, 5.74) is 6.45. The van der Waals surface area contributed by atoms with E-state index in [0.29, 0.717) is 18.1 Å². The Morgan fingerprint density at radius 3 is 2.45 bits per heavy atom. The topological polar surface area (TPSA) is 67.6 Å². The van der Waals surface area contributed by atoms with Crippen molar-refractivity contribution in [3.63, 3.8) is 0 Å². The van der Waals surface area contributed by atoms with Crippen LogP contribution < -0.4 is 11.1 Å². The van der Waals surface area contributed by atoms with E-state index >= 15 is 0 Å². The first-order chi connectivity index (χ1) is 10.2. The molecule has 0 heterocycles. The summed E-state index contributed by atoms with van der Waals surface area (Å²) in [6.45, 7) is 7.11. The molecule has 0 spiro atoms. The molecule has 1 atom stereocenters. The maximum atomic E-state index is 11.7. The number of ether oxygens (including phenoxy) is 1. The SMILES string of the molecule is CN(Cc1ccc(Cl)cc1)C(CN)CNC(=O)OC(C)(C)C. The van der Waals surface area contributed by atoms with Crippen molar-refractivity contribution in [2.45, 2.75) is 39.0 Å². The number of amides is 1. The number of carbonyl (C=O) groups is 1. The summed E-state index contributed by atoms with van der Waals surface area (Å²) in [7, 11) is 1.98. The fraction of sp³-hybridized carbons (Fsp3) is 0.562. The number of carbonyl (C=O) groups excluding carboxylic acids is 1. The van der Waals surface area contributed by atoms with Crippen LogP contribution in [0, 0.1) is 0 Å². The van der Waals surface area contributed by atoms with Crippen molar-refractivity contribution in [3.05, 3.63) is 34.9 Å². The predicted molar refractivity (Wildman–Crippen MR) is 90.0 cm³/mol. The zero-order chi connectivity index (χ0) is 16.8. The Hall–Kier alpha value is -1.30. The van der Waals surface area contributed by atoms with Crippen LogP contribution in [-0.4, -0.2) is 42.8 Å². The number of alkyl carbamates (subject to hydrolysis) is 1. The standard InChI is InChI=1S/C16H26ClN3O2/c1-16(2,3)22-15(21)19-10-14(9-18)20(4)11-12-5-7-13(17)8-6-12/h5-8,14H,9-11,18H2,1-4H3,(H,19,21). The van der Waals surface area contributed by atoms with Crippen LogP contribution in [0.2, 0.25) is 5.02 Å². The zero-order valence-electron chi connectivity index (χ0n) is 13.7. The average Bonchev–Trinajstić information content (AvgIpc) is 2.40. The van der Waals surface area contributed by atoms with Crippen molar-refractivity contribution in [1.29, 1.82) is 0 Å². The van der Waals surface area contributed by atoms with Gasteiger partial charge >= 0.3 is 6.09 Å². The van der Waals surface area contributed by atoms with Crippen molar-refractivity contribution in [1.82, 2.24) is 10.2 Å². The Kier molecular flexibility index (Phi) is 7.13. The minimum absolute atomic E-state index is 0.0307. The second-order valence-corrected chi connectivity index (χ2v) is 6.75. The van der Waals surface area contributed by atoms with E-state index in [9.17, 15) is 4.79 Å². The Morgan fingerprint density at radius 2 is 1.95 bits per heavy atom. The molecule has 6 heteroatoms. The number of likely N-dealkylation sites (N-methyl/N-ethyl adjacent to an activating group) is 1. The number of hydrogen-bond donors (Lipinski definition) is 2. The first-order valence-corrected chi connectivity index (χ1v) is 7.70. The van der Waals surface area contributed by atoms with Gasteiger partial charge in [-0.15, -0.1) is 0 Å². The van der Waals surface area contributed by atoms with Crippen molar-refractivity contribution >= 4 is 17.7 Å². The number of nitrogens with one attached hydrogen (secondary N) is 1. The van der Waals surface area contributed by atoms with Crippen LogP contribution >= 0.6 is 11.6 Å². The Bertz CT molecular complexity index is 471. The van der Waals surface area contributed by atoms with Gasteiger partial charge in [-0.3, -0.25) is 4.90 Å². The lowest BCUT2D eigenvalue weighted by Gasteiger charge is -2.28. The summed E-state index contributed by atoms with van der Waals surface area (Å²) >= 11 is 5.88. The average molecular weight is 328 g/mol. The molecule has 0 aliphatic rings.